The predicted molar refractivity (Wildman–Crippen MR) is 88.3 cm³/mol. The summed E-state index contributed by atoms with van der Waals surface area (Å²) < 4.78 is 15.8. The zero-order valence-corrected chi connectivity index (χ0v) is 13.3. The van der Waals surface area contributed by atoms with E-state index in [1.807, 2.05) is 24.3 Å². The molecule has 2 aromatic heterocycles. The molecule has 4 rings (SSSR count). The number of ether oxygens (including phenoxy) is 2. The van der Waals surface area contributed by atoms with Gasteiger partial charge in [0.05, 0.1) is 0 Å². The highest BCUT2D eigenvalue weighted by Crippen LogP contribution is 2.32. The van der Waals surface area contributed by atoms with E-state index in [0.717, 1.165) is 22.6 Å². The lowest BCUT2D eigenvalue weighted by Gasteiger charge is -2.04. The van der Waals surface area contributed by atoms with E-state index in [-0.39, 0.29) is 18.4 Å². The van der Waals surface area contributed by atoms with Crippen molar-refractivity contribution in [3.63, 3.8) is 0 Å². The maximum absolute atomic E-state index is 12.2. The Hall–Kier alpha value is -3.35. The first-order valence-corrected chi connectivity index (χ1v) is 7.83. The van der Waals surface area contributed by atoms with Gasteiger partial charge in [-0.25, -0.2) is 0 Å². The Morgan fingerprint density at radius 3 is 2.96 bits per heavy atom. The molecule has 7 nitrogen and oxygen atoms in total. The zero-order chi connectivity index (χ0) is 17.1. The second-order valence-electron chi connectivity index (χ2n) is 5.51. The summed E-state index contributed by atoms with van der Waals surface area (Å²) in [6, 6.07) is 11.0. The minimum atomic E-state index is -0.278. The van der Waals surface area contributed by atoms with Crippen molar-refractivity contribution in [2.45, 2.75) is 6.42 Å². The van der Waals surface area contributed by atoms with E-state index in [1.165, 1.54) is 0 Å². The molecule has 0 unspecified atom stereocenters. The molecule has 25 heavy (non-hydrogen) atoms. The van der Waals surface area contributed by atoms with Crippen LogP contribution in [0.4, 0.5) is 0 Å². The van der Waals surface area contributed by atoms with Crippen LogP contribution < -0.4 is 14.8 Å². The van der Waals surface area contributed by atoms with Crippen LogP contribution in [-0.2, 0) is 6.42 Å². The van der Waals surface area contributed by atoms with Crippen molar-refractivity contribution < 1.29 is 18.8 Å². The normalized spacial score (nSPS) is 12.2. The SMILES string of the molecule is O=C(NCCc1ccc2c(c1)OCO2)c1cc(-c2cccnc2)on1. The Bertz CT molecular complexity index is 892. The monoisotopic (exact) mass is 337 g/mol. The molecule has 7 heteroatoms. The number of amides is 1. The number of hydrogen-bond donors (Lipinski definition) is 1. The van der Waals surface area contributed by atoms with Gasteiger partial charge in [-0.2, -0.15) is 0 Å². The highest BCUT2D eigenvalue weighted by molar-refractivity contribution is 5.93. The fraction of sp³-hybridized carbons (Fsp3) is 0.167. The molecule has 3 aromatic rings. The van der Waals surface area contributed by atoms with E-state index in [1.54, 1.807) is 24.5 Å². The number of carbonyl (C=O) groups is 1. The lowest BCUT2D eigenvalue weighted by Crippen LogP contribution is -2.25. The van der Waals surface area contributed by atoms with E-state index in [9.17, 15) is 4.79 Å². The van der Waals surface area contributed by atoms with Gasteiger partial charge in [-0.05, 0) is 36.2 Å². The first-order valence-electron chi connectivity index (χ1n) is 7.83. The summed E-state index contributed by atoms with van der Waals surface area (Å²) in [6.45, 7) is 0.731. The number of benzene rings is 1. The summed E-state index contributed by atoms with van der Waals surface area (Å²) in [4.78, 5) is 16.2. The van der Waals surface area contributed by atoms with Crippen LogP contribution in [0.5, 0.6) is 11.5 Å². The van der Waals surface area contributed by atoms with Gasteiger partial charge in [-0.1, -0.05) is 11.2 Å². The molecule has 0 atom stereocenters. The van der Waals surface area contributed by atoms with Crippen LogP contribution >= 0.6 is 0 Å². The minimum Gasteiger partial charge on any atom is -0.454 e. The van der Waals surface area contributed by atoms with E-state index in [2.05, 4.69) is 15.5 Å². The molecule has 0 aliphatic carbocycles. The van der Waals surface area contributed by atoms with E-state index in [0.29, 0.717) is 18.7 Å². The second kappa shape index (κ2) is 6.64. The van der Waals surface area contributed by atoms with Gasteiger partial charge >= 0.3 is 0 Å². The van der Waals surface area contributed by atoms with Gasteiger partial charge in [0.15, 0.2) is 23.0 Å². The topological polar surface area (TPSA) is 86.5 Å². The largest absolute Gasteiger partial charge is 0.454 e. The van der Waals surface area contributed by atoms with Crippen LogP contribution in [0.2, 0.25) is 0 Å². The molecule has 126 valence electrons. The molecule has 0 spiro atoms. The summed E-state index contributed by atoms with van der Waals surface area (Å²) in [5, 5.41) is 6.64. The van der Waals surface area contributed by atoms with Crippen molar-refractivity contribution in [3.8, 4) is 22.8 Å². The maximum Gasteiger partial charge on any atom is 0.273 e. The molecule has 1 aromatic carbocycles. The Balaban J connectivity index is 1.34. The van der Waals surface area contributed by atoms with E-state index in [4.69, 9.17) is 14.0 Å². The molecule has 0 saturated heterocycles. The molecule has 3 heterocycles. The lowest BCUT2D eigenvalue weighted by atomic mass is 10.1. The highest BCUT2D eigenvalue weighted by Gasteiger charge is 2.15. The van der Waals surface area contributed by atoms with Crippen molar-refractivity contribution >= 4 is 5.91 Å². The zero-order valence-electron chi connectivity index (χ0n) is 13.3. The third-order valence-electron chi connectivity index (χ3n) is 3.83. The van der Waals surface area contributed by atoms with Crippen LogP contribution in [0.15, 0.2) is 53.3 Å². The number of nitrogens with one attached hydrogen (secondary N) is 1. The van der Waals surface area contributed by atoms with Gasteiger partial charge in [-0.15, -0.1) is 0 Å². The van der Waals surface area contributed by atoms with Crippen molar-refractivity contribution in [1.29, 1.82) is 0 Å². The number of pyridine rings is 1. The van der Waals surface area contributed by atoms with E-state index >= 15 is 0 Å². The summed E-state index contributed by atoms with van der Waals surface area (Å²) in [5.41, 5.74) is 2.07. The van der Waals surface area contributed by atoms with Crippen LogP contribution in [-0.4, -0.2) is 29.4 Å². The van der Waals surface area contributed by atoms with Gasteiger partial charge in [0.1, 0.15) is 0 Å². The van der Waals surface area contributed by atoms with Gasteiger partial charge in [0.25, 0.3) is 5.91 Å². The lowest BCUT2D eigenvalue weighted by molar-refractivity contribution is 0.0945. The highest BCUT2D eigenvalue weighted by atomic mass is 16.7. The molecule has 1 amide bonds. The van der Waals surface area contributed by atoms with Gasteiger partial charge in [0, 0.05) is 30.6 Å². The third-order valence-corrected chi connectivity index (χ3v) is 3.83. The summed E-state index contributed by atoms with van der Waals surface area (Å²) in [7, 11) is 0. The van der Waals surface area contributed by atoms with Gasteiger partial charge < -0.3 is 19.3 Å². The number of carbonyl (C=O) groups excluding carboxylic acids is 1. The predicted octanol–water partition coefficient (Wildman–Crippen LogP) is 2.44. The number of fused-ring (bicyclic) bond motifs is 1. The summed E-state index contributed by atoms with van der Waals surface area (Å²) >= 11 is 0. The first-order chi connectivity index (χ1) is 12.3. The maximum atomic E-state index is 12.2. The summed E-state index contributed by atoms with van der Waals surface area (Å²) in [6.07, 6.45) is 4.00. The van der Waals surface area contributed by atoms with Crippen LogP contribution in [0.25, 0.3) is 11.3 Å². The number of hydrogen-bond acceptors (Lipinski definition) is 6. The summed E-state index contributed by atoms with van der Waals surface area (Å²) in [5.74, 6) is 1.72. The van der Waals surface area contributed by atoms with Gasteiger partial charge in [-0.3, -0.25) is 9.78 Å². The number of nitrogens with zero attached hydrogens (tertiary/aromatic N) is 2. The van der Waals surface area contributed by atoms with Crippen LogP contribution in [0.1, 0.15) is 16.1 Å². The standard InChI is InChI=1S/C18H15N3O4/c22-18(14-9-16(25-21-14)13-2-1-6-19-10-13)20-7-5-12-3-4-15-17(8-12)24-11-23-15/h1-4,6,8-10H,5,7,11H2,(H,20,22). The number of aromatic nitrogens is 2. The molecule has 1 aliphatic rings. The van der Waals surface area contributed by atoms with E-state index < -0.39 is 0 Å². The molecule has 0 fully saturated rings. The van der Waals surface area contributed by atoms with Gasteiger partial charge in [0.2, 0.25) is 6.79 Å². The molecule has 0 bridgehead atoms. The average molecular weight is 337 g/mol. The van der Waals surface area contributed by atoms with Crippen molar-refractivity contribution in [2.24, 2.45) is 0 Å². The van der Waals surface area contributed by atoms with Crippen LogP contribution in [0.3, 0.4) is 0 Å². The Morgan fingerprint density at radius 2 is 2.08 bits per heavy atom. The average Bonchev–Trinajstić information content (AvgIpc) is 3.31. The quantitative estimate of drug-likeness (QED) is 0.769. The minimum absolute atomic E-state index is 0.240. The molecular formula is C18H15N3O4. The Labute approximate surface area is 143 Å². The van der Waals surface area contributed by atoms with Crippen molar-refractivity contribution in [1.82, 2.24) is 15.5 Å². The molecule has 0 saturated carbocycles. The fourth-order valence-corrected chi connectivity index (χ4v) is 2.53. The Kier molecular flexibility index (Phi) is 4.04. The molecular weight excluding hydrogens is 322 g/mol. The first kappa shape index (κ1) is 15.2. The molecule has 0 radical (unpaired) electrons. The molecule has 1 aliphatic heterocycles. The van der Waals surface area contributed by atoms with Crippen LogP contribution in [0, 0.1) is 0 Å². The molecule has 1 N–H and O–H groups in total. The van der Waals surface area contributed by atoms with Crippen molar-refractivity contribution in [3.05, 3.63) is 60.0 Å². The smallest absolute Gasteiger partial charge is 0.273 e. The number of rotatable bonds is 5. The van der Waals surface area contributed by atoms with Crippen molar-refractivity contribution in [2.75, 3.05) is 13.3 Å². The second-order valence-corrected chi connectivity index (χ2v) is 5.51. The fourth-order valence-electron chi connectivity index (χ4n) is 2.53. The third kappa shape index (κ3) is 3.30. The Morgan fingerprint density at radius 1 is 1.16 bits per heavy atom.